The summed E-state index contributed by atoms with van der Waals surface area (Å²) < 4.78 is 5.71. The topological polar surface area (TPSA) is 64.1 Å². The van der Waals surface area contributed by atoms with Crippen LogP contribution in [0.25, 0.3) is 0 Å². The molecule has 6 heteroatoms. The Morgan fingerprint density at radius 1 is 1.43 bits per heavy atom. The minimum atomic E-state index is -0.370. The van der Waals surface area contributed by atoms with Crippen LogP contribution in [-0.4, -0.2) is 22.0 Å². The van der Waals surface area contributed by atoms with Crippen molar-refractivity contribution in [1.82, 2.24) is 9.97 Å². The minimum Gasteiger partial charge on any atom is -0.491 e. The van der Waals surface area contributed by atoms with Gasteiger partial charge in [0.1, 0.15) is 16.6 Å². The Morgan fingerprint density at radius 2 is 2.24 bits per heavy atom. The first-order valence-corrected chi connectivity index (χ1v) is 7.02. The van der Waals surface area contributed by atoms with Gasteiger partial charge in [-0.2, -0.15) is 0 Å². The molecule has 21 heavy (non-hydrogen) atoms. The van der Waals surface area contributed by atoms with E-state index in [2.05, 4.69) is 15.3 Å². The van der Waals surface area contributed by atoms with E-state index in [1.54, 1.807) is 12.1 Å². The van der Waals surface area contributed by atoms with Crippen LogP contribution in [0, 0.1) is 0 Å². The molecule has 0 bridgehead atoms. The number of hydrogen-bond donors (Lipinski definition) is 1. The van der Waals surface area contributed by atoms with E-state index in [4.69, 9.17) is 16.3 Å². The third kappa shape index (κ3) is 4.43. The van der Waals surface area contributed by atoms with Gasteiger partial charge in [-0.3, -0.25) is 9.78 Å². The summed E-state index contributed by atoms with van der Waals surface area (Å²) in [4.78, 5) is 19.8. The normalized spacial score (nSPS) is 11.8. The summed E-state index contributed by atoms with van der Waals surface area (Å²) in [7, 11) is 0. The first kappa shape index (κ1) is 15.3. The fraction of sp³-hybridized carbons (Fsp3) is 0.267. The second-order valence-corrected chi connectivity index (χ2v) is 4.93. The summed E-state index contributed by atoms with van der Waals surface area (Å²) in [5.41, 5.74) is 0.790. The number of carbonyl (C=O) groups is 1. The van der Waals surface area contributed by atoms with Crippen molar-refractivity contribution >= 4 is 23.2 Å². The molecule has 110 valence electrons. The monoisotopic (exact) mass is 305 g/mol. The molecule has 1 unspecified atom stereocenters. The molecule has 1 aromatic heterocycles. The van der Waals surface area contributed by atoms with Crippen LogP contribution in [0.4, 0.5) is 5.69 Å². The van der Waals surface area contributed by atoms with Gasteiger partial charge in [0.25, 0.3) is 5.91 Å². The van der Waals surface area contributed by atoms with Crippen molar-refractivity contribution in [2.75, 3.05) is 5.32 Å². The van der Waals surface area contributed by atoms with Crippen LogP contribution in [0.15, 0.2) is 36.7 Å². The van der Waals surface area contributed by atoms with Gasteiger partial charge in [-0.25, -0.2) is 4.98 Å². The Balaban J connectivity index is 2.09. The number of amides is 1. The van der Waals surface area contributed by atoms with Gasteiger partial charge in [-0.15, -0.1) is 0 Å². The van der Waals surface area contributed by atoms with E-state index in [0.717, 1.165) is 6.42 Å². The van der Waals surface area contributed by atoms with Crippen LogP contribution in [0.3, 0.4) is 0 Å². The number of anilines is 1. The van der Waals surface area contributed by atoms with Crippen molar-refractivity contribution in [2.24, 2.45) is 0 Å². The highest BCUT2D eigenvalue weighted by Gasteiger charge is 2.09. The molecule has 1 amide bonds. The van der Waals surface area contributed by atoms with E-state index in [-0.39, 0.29) is 22.9 Å². The lowest BCUT2D eigenvalue weighted by Crippen LogP contribution is -2.14. The fourth-order valence-corrected chi connectivity index (χ4v) is 1.76. The Bertz CT molecular complexity index is 634. The first-order chi connectivity index (χ1) is 10.1. The van der Waals surface area contributed by atoms with Crippen LogP contribution in [0.2, 0.25) is 5.15 Å². The fourth-order valence-electron chi connectivity index (χ4n) is 1.61. The minimum absolute atomic E-state index is 0.120. The quantitative estimate of drug-likeness (QED) is 0.917. The van der Waals surface area contributed by atoms with E-state index in [9.17, 15) is 4.79 Å². The predicted molar refractivity (Wildman–Crippen MR) is 81.8 cm³/mol. The number of nitrogens with one attached hydrogen (secondary N) is 1. The smallest absolute Gasteiger partial charge is 0.275 e. The molecule has 2 aromatic rings. The van der Waals surface area contributed by atoms with Gasteiger partial charge in [-0.05, 0) is 25.5 Å². The summed E-state index contributed by atoms with van der Waals surface area (Å²) in [6.07, 6.45) is 3.77. The molecule has 0 saturated carbocycles. The SMILES string of the molecule is CCC(C)Oc1cccc(NC(=O)c2cncc(Cl)n2)c1. The van der Waals surface area contributed by atoms with Gasteiger partial charge in [0, 0.05) is 11.8 Å². The van der Waals surface area contributed by atoms with Gasteiger partial charge in [0.15, 0.2) is 0 Å². The van der Waals surface area contributed by atoms with Crippen LogP contribution >= 0.6 is 11.6 Å². The summed E-state index contributed by atoms with van der Waals surface area (Å²) in [6.45, 7) is 4.04. The molecule has 0 spiro atoms. The van der Waals surface area contributed by atoms with Crippen molar-refractivity contribution in [2.45, 2.75) is 26.4 Å². The molecule has 5 nitrogen and oxygen atoms in total. The Hall–Kier alpha value is -2.14. The molecule has 1 N–H and O–H groups in total. The molecule has 0 saturated heterocycles. The molecule has 0 aliphatic rings. The number of benzene rings is 1. The van der Waals surface area contributed by atoms with Crippen molar-refractivity contribution in [3.05, 3.63) is 47.5 Å². The summed E-state index contributed by atoms with van der Waals surface area (Å²) in [5, 5.41) is 2.91. The highest BCUT2D eigenvalue weighted by atomic mass is 35.5. The average Bonchev–Trinajstić information content (AvgIpc) is 2.47. The lowest BCUT2D eigenvalue weighted by molar-refractivity contribution is 0.102. The number of carbonyl (C=O) groups excluding carboxylic acids is 1. The van der Waals surface area contributed by atoms with E-state index >= 15 is 0 Å². The predicted octanol–water partition coefficient (Wildman–Crippen LogP) is 3.56. The largest absolute Gasteiger partial charge is 0.491 e. The number of halogens is 1. The third-order valence-electron chi connectivity index (χ3n) is 2.84. The Kier molecular flexibility index (Phi) is 5.11. The molecule has 0 radical (unpaired) electrons. The Labute approximate surface area is 128 Å². The Morgan fingerprint density at radius 3 is 2.95 bits per heavy atom. The second kappa shape index (κ2) is 7.04. The van der Waals surface area contributed by atoms with Gasteiger partial charge in [0.05, 0.1) is 18.5 Å². The molecule has 0 fully saturated rings. The van der Waals surface area contributed by atoms with Crippen molar-refractivity contribution in [3.63, 3.8) is 0 Å². The number of rotatable bonds is 5. The average molecular weight is 306 g/mol. The number of hydrogen-bond acceptors (Lipinski definition) is 4. The van der Waals surface area contributed by atoms with Crippen LogP contribution < -0.4 is 10.1 Å². The van der Waals surface area contributed by atoms with E-state index < -0.39 is 0 Å². The highest BCUT2D eigenvalue weighted by molar-refractivity contribution is 6.29. The summed E-state index contributed by atoms with van der Waals surface area (Å²) in [5.74, 6) is 0.338. The van der Waals surface area contributed by atoms with Crippen LogP contribution in [-0.2, 0) is 0 Å². The van der Waals surface area contributed by atoms with E-state index in [1.165, 1.54) is 12.4 Å². The van der Waals surface area contributed by atoms with Crippen molar-refractivity contribution in [1.29, 1.82) is 0 Å². The zero-order valence-corrected chi connectivity index (χ0v) is 12.6. The lowest BCUT2D eigenvalue weighted by atomic mass is 10.2. The van der Waals surface area contributed by atoms with Gasteiger partial charge < -0.3 is 10.1 Å². The maximum Gasteiger partial charge on any atom is 0.275 e. The number of ether oxygens (including phenoxy) is 1. The lowest BCUT2D eigenvalue weighted by Gasteiger charge is -2.13. The van der Waals surface area contributed by atoms with Crippen molar-refractivity contribution in [3.8, 4) is 5.75 Å². The third-order valence-corrected chi connectivity index (χ3v) is 3.02. The van der Waals surface area contributed by atoms with Crippen LogP contribution in [0.1, 0.15) is 30.8 Å². The maximum absolute atomic E-state index is 12.0. The van der Waals surface area contributed by atoms with E-state index in [1.807, 2.05) is 26.0 Å². The molecule has 1 heterocycles. The summed E-state index contributed by atoms with van der Waals surface area (Å²) >= 11 is 5.72. The summed E-state index contributed by atoms with van der Waals surface area (Å²) in [6, 6.07) is 7.21. The van der Waals surface area contributed by atoms with Crippen molar-refractivity contribution < 1.29 is 9.53 Å². The van der Waals surface area contributed by atoms with Gasteiger partial charge in [-0.1, -0.05) is 24.6 Å². The van der Waals surface area contributed by atoms with Gasteiger partial charge in [0.2, 0.25) is 0 Å². The van der Waals surface area contributed by atoms with Crippen LogP contribution in [0.5, 0.6) is 5.75 Å². The number of nitrogens with zero attached hydrogens (tertiary/aromatic N) is 2. The van der Waals surface area contributed by atoms with Gasteiger partial charge >= 0.3 is 0 Å². The molecular weight excluding hydrogens is 290 g/mol. The zero-order chi connectivity index (χ0) is 15.2. The number of aromatic nitrogens is 2. The first-order valence-electron chi connectivity index (χ1n) is 6.64. The zero-order valence-electron chi connectivity index (χ0n) is 11.8. The molecule has 0 aliphatic carbocycles. The molecule has 0 aliphatic heterocycles. The second-order valence-electron chi connectivity index (χ2n) is 4.55. The van der Waals surface area contributed by atoms with E-state index in [0.29, 0.717) is 11.4 Å². The standard InChI is InChI=1S/C15H16ClN3O2/c1-3-10(2)21-12-6-4-5-11(7-12)18-15(20)13-8-17-9-14(16)19-13/h4-10H,3H2,1-2H3,(H,18,20). The molecule has 1 aromatic carbocycles. The highest BCUT2D eigenvalue weighted by Crippen LogP contribution is 2.19. The maximum atomic E-state index is 12.0. The molecule has 1 atom stereocenters. The molecular formula is C15H16ClN3O2. The molecule has 2 rings (SSSR count).